The fourth-order valence-corrected chi connectivity index (χ4v) is 1.55. The minimum absolute atomic E-state index is 0.124. The summed E-state index contributed by atoms with van der Waals surface area (Å²) < 4.78 is 5.41. The summed E-state index contributed by atoms with van der Waals surface area (Å²) in [6.45, 7) is 4.37. The van der Waals surface area contributed by atoms with Gasteiger partial charge >= 0.3 is 0 Å². The van der Waals surface area contributed by atoms with Crippen molar-refractivity contribution in [3.05, 3.63) is 12.3 Å². The zero-order valence-corrected chi connectivity index (χ0v) is 10.00. The summed E-state index contributed by atoms with van der Waals surface area (Å²) in [5.74, 6) is 0.124. The Morgan fingerprint density at radius 1 is 1.50 bits per heavy atom. The van der Waals surface area contributed by atoms with E-state index in [1.165, 1.54) is 0 Å². The largest absolute Gasteiger partial charge is 0.497 e. The number of hydrogen-bond donors (Lipinski definition) is 2. The molecule has 0 radical (unpaired) electrons. The highest BCUT2D eigenvalue weighted by Crippen LogP contribution is 2.08. The van der Waals surface area contributed by atoms with Crippen LogP contribution in [-0.4, -0.2) is 31.6 Å². The SMILES string of the molecule is CCCNC(=O)CCNCC1CCC=CO1. The lowest BCUT2D eigenvalue weighted by Gasteiger charge is -2.19. The summed E-state index contributed by atoms with van der Waals surface area (Å²) >= 11 is 0. The quantitative estimate of drug-likeness (QED) is 0.641. The molecule has 0 aromatic carbocycles. The Labute approximate surface area is 97.4 Å². The maximum Gasteiger partial charge on any atom is 0.221 e. The monoisotopic (exact) mass is 226 g/mol. The van der Waals surface area contributed by atoms with Gasteiger partial charge < -0.3 is 15.4 Å². The molecule has 2 N–H and O–H groups in total. The van der Waals surface area contributed by atoms with Gasteiger partial charge in [0.2, 0.25) is 5.91 Å². The summed E-state index contributed by atoms with van der Waals surface area (Å²) in [6, 6.07) is 0. The van der Waals surface area contributed by atoms with Crippen molar-refractivity contribution in [2.75, 3.05) is 19.6 Å². The number of amides is 1. The average molecular weight is 226 g/mol. The summed E-state index contributed by atoms with van der Waals surface area (Å²) in [4.78, 5) is 11.3. The maximum atomic E-state index is 11.3. The van der Waals surface area contributed by atoms with E-state index in [1.807, 2.05) is 13.0 Å². The van der Waals surface area contributed by atoms with Crippen molar-refractivity contribution in [1.82, 2.24) is 10.6 Å². The average Bonchev–Trinajstić information content (AvgIpc) is 2.33. The van der Waals surface area contributed by atoms with Gasteiger partial charge in [-0.15, -0.1) is 0 Å². The molecule has 1 aliphatic heterocycles. The van der Waals surface area contributed by atoms with Gasteiger partial charge in [-0.05, 0) is 25.3 Å². The molecular formula is C12H22N2O2. The van der Waals surface area contributed by atoms with Gasteiger partial charge in [-0.2, -0.15) is 0 Å². The Kier molecular flexibility index (Phi) is 6.65. The van der Waals surface area contributed by atoms with Gasteiger partial charge in [0, 0.05) is 26.1 Å². The lowest BCUT2D eigenvalue weighted by atomic mass is 10.1. The van der Waals surface area contributed by atoms with E-state index in [0.717, 1.165) is 38.9 Å². The molecular weight excluding hydrogens is 204 g/mol. The molecule has 0 saturated heterocycles. The molecule has 0 aromatic rings. The smallest absolute Gasteiger partial charge is 0.221 e. The minimum atomic E-state index is 0.124. The van der Waals surface area contributed by atoms with Gasteiger partial charge in [-0.3, -0.25) is 4.79 Å². The van der Waals surface area contributed by atoms with Crippen LogP contribution in [0.3, 0.4) is 0 Å². The number of allylic oxidation sites excluding steroid dienone is 1. The van der Waals surface area contributed by atoms with Crippen molar-refractivity contribution in [1.29, 1.82) is 0 Å². The predicted octanol–water partition coefficient (Wildman–Crippen LogP) is 1.19. The molecule has 0 fully saturated rings. The Bertz CT molecular complexity index is 229. The summed E-state index contributed by atoms with van der Waals surface area (Å²) in [5, 5.41) is 6.09. The number of hydrogen-bond acceptors (Lipinski definition) is 3. The van der Waals surface area contributed by atoms with E-state index in [-0.39, 0.29) is 12.0 Å². The topological polar surface area (TPSA) is 50.4 Å². The first-order valence-corrected chi connectivity index (χ1v) is 6.10. The van der Waals surface area contributed by atoms with Crippen LogP contribution in [0.5, 0.6) is 0 Å². The normalized spacial score (nSPS) is 19.2. The number of carbonyl (C=O) groups is 1. The number of nitrogens with one attached hydrogen (secondary N) is 2. The minimum Gasteiger partial charge on any atom is -0.497 e. The van der Waals surface area contributed by atoms with Crippen LogP contribution in [-0.2, 0) is 9.53 Å². The van der Waals surface area contributed by atoms with Gasteiger partial charge in [-0.25, -0.2) is 0 Å². The van der Waals surface area contributed by atoms with Gasteiger partial charge in [0.15, 0.2) is 0 Å². The lowest BCUT2D eigenvalue weighted by Crippen LogP contribution is -2.33. The molecule has 1 unspecified atom stereocenters. The molecule has 1 aliphatic rings. The van der Waals surface area contributed by atoms with Crippen molar-refractivity contribution in [3.8, 4) is 0 Å². The first-order chi connectivity index (χ1) is 7.83. The first kappa shape index (κ1) is 13.0. The highest BCUT2D eigenvalue weighted by molar-refractivity contribution is 5.75. The molecule has 1 amide bonds. The van der Waals surface area contributed by atoms with Gasteiger partial charge in [0.1, 0.15) is 6.10 Å². The molecule has 4 heteroatoms. The van der Waals surface area contributed by atoms with Crippen LogP contribution in [0.15, 0.2) is 12.3 Å². The highest BCUT2D eigenvalue weighted by Gasteiger charge is 2.09. The van der Waals surface area contributed by atoms with Crippen LogP contribution in [0, 0.1) is 0 Å². The third-order valence-corrected chi connectivity index (χ3v) is 2.50. The van der Waals surface area contributed by atoms with Crippen LogP contribution < -0.4 is 10.6 Å². The lowest BCUT2D eigenvalue weighted by molar-refractivity contribution is -0.121. The fraction of sp³-hybridized carbons (Fsp3) is 0.750. The van der Waals surface area contributed by atoms with E-state index in [2.05, 4.69) is 10.6 Å². The van der Waals surface area contributed by atoms with E-state index >= 15 is 0 Å². The van der Waals surface area contributed by atoms with E-state index in [1.54, 1.807) is 6.26 Å². The zero-order chi connectivity index (χ0) is 11.6. The number of carbonyl (C=O) groups excluding carboxylic acids is 1. The Morgan fingerprint density at radius 2 is 2.38 bits per heavy atom. The van der Waals surface area contributed by atoms with Gasteiger partial charge in [0.25, 0.3) is 0 Å². The molecule has 0 aliphatic carbocycles. The molecule has 0 aromatic heterocycles. The summed E-state index contributed by atoms with van der Waals surface area (Å²) in [7, 11) is 0. The molecule has 1 heterocycles. The molecule has 16 heavy (non-hydrogen) atoms. The molecule has 0 saturated carbocycles. The Balaban J connectivity index is 1.94. The Morgan fingerprint density at radius 3 is 3.06 bits per heavy atom. The van der Waals surface area contributed by atoms with Crippen molar-refractivity contribution >= 4 is 5.91 Å². The first-order valence-electron chi connectivity index (χ1n) is 6.10. The Hall–Kier alpha value is -1.03. The van der Waals surface area contributed by atoms with Crippen LogP contribution in [0.4, 0.5) is 0 Å². The molecule has 0 spiro atoms. The highest BCUT2D eigenvalue weighted by atomic mass is 16.5. The standard InChI is InChI=1S/C12H22N2O2/c1-2-7-14-12(15)6-8-13-10-11-5-3-4-9-16-11/h4,9,11,13H,2-3,5-8,10H2,1H3,(H,14,15). The fourth-order valence-electron chi connectivity index (χ4n) is 1.55. The van der Waals surface area contributed by atoms with E-state index < -0.39 is 0 Å². The maximum absolute atomic E-state index is 11.3. The summed E-state index contributed by atoms with van der Waals surface area (Å²) in [5.41, 5.74) is 0. The van der Waals surface area contributed by atoms with Crippen LogP contribution >= 0.6 is 0 Å². The van der Waals surface area contributed by atoms with Crippen LogP contribution in [0.2, 0.25) is 0 Å². The van der Waals surface area contributed by atoms with E-state index in [4.69, 9.17) is 4.74 Å². The second-order valence-corrected chi connectivity index (χ2v) is 4.01. The van der Waals surface area contributed by atoms with E-state index in [0.29, 0.717) is 6.42 Å². The van der Waals surface area contributed by atoms with Crippen molar-refractivity contribution in [2.45, 2.75) is 38.7 Å². The second kappa shape index (κ2) is 8.16. The van der Waals surface area contributed by atoms with Gasteiger partial charge in [0.05, 0.1) is 6.26 Å². The molecule has 92 valence electrons. The van der Waals surface area contributed by atoms with Crippen molar-refractivity contribution < 1.29 is 9.53 Å². The zero-order valence-electron chi connectivity index (χ0n) is 10.00. The van der Waals surface area contributed by atoms with Crippen LogP contribution in [0.25, 0.3) is 0 Å². The number of rotatable bonds is 7. The predicted molar refractivity (Wildman–Crippen MR) is 64.0 cm³/mol. The molecule has 1 atom stereocenters. The number of ether oxygens (including phenoxy) is 1. The van der Waals surface area contributed by atoms with Gasteiger partial charge in [-0.1, -0.05) is 6.92 Å². The van der Waals surface area contributed by atoms with Crippen molar-refractivity contribution in [2.24, 2.45) is 0 Å². The third kappa shape index (κ3) is 5.75. The molecule has 0 bridgehead atoms. The molecule has 1 rings (SSSR count). The third-order valence-electron chi connectivity index (χ3n) is 2.50. The van der Waals surface area contributed by atoms with E-state index in [9.17, 15) is 4.79 Å². The summed E-state index contributed by atoms with van der Waals surface area (Å²) in [6.07, 6.45) is 7.75. The second-order valence-electron chi connectivity index (χ2n) is 4.01. The molecule has 4 nitrogen and oxygen atoms in total. The van der Waals surface area contributed by atoms with Crippen LogP contribution in [0.1, 0.15) is 32.6 Å². The van der Waals surface area contributed by atoms with Crippen molar-refractivity contribution in [3.63, 3.8) is 0 Å².